The van der Waals surface area contributed by atoms with Gasteiger partial charge in [0.1, 0.15) is 6.61 Å². The van der Waals surface area contributed by atoms with Gasteiger partial charge in [0, 0.05) is 12.8 Å². The Morgan fingerprint density at radius 3 is 0.769 bits per heavy atom. The van der Waals surface area contributed by atoms with Crippen LogP contribution >= 0.6 is 0 Å². The molecule has 0 aromatic rings. The molecule has 0 spiro atoms. The first-order valence-electron chi connectivity index (χ1n) is 35.5. The van der Waals surface area contributed by atoms with E-state index in [0.29, 0.717) is 12.8 Å². The number of unbranched alkanes of at least 4 members (excludes halogenated alkanes) is 53. The first kappa shape index (κ1) is 76.1. The van der Waals surface area contributed by atoms with E-state index < -0.39 is 6.10 Å². The van der Waals surface area contributed by atoms with Crippen molar-refractivity contribution in [2.75, 3.05) is 13.2 Å². The Balaban J connectivity index is 3.38. The van der Waals surface area contributed by atoms with Gasteiger partial charge in [-0.2, -0.15) is 0 Å². The molecule has 0 amide bonds. The van der Waals surface area contributed by atoms with Crippen molar-refractivity contribution < 1.29 is 24.2 Å². The van der Waals surface area contributed by atoms with Crippen LogP contribution in [0.5, 0.6) is 0 Å². The van der Waals surface area contributed by atoms with Crippen LogP contribution in [0, 0.1) is 0 Å². The molecule has 0 fully saturated rings. The van der Waals surface area contributed by atoms with Crippen molar-refractivity contribution in [3.05, 3.63) is 36.5 Å². The van der Waals surface area contributed by atoms with Gasteiger partial charge >= 0.3 is 11.9 Å². The van der Waals surface area contributed by atoms with E-state index in [9.17, 15) is 14.7 Å². The lowest BCUT2D eigenvalue weighted by Crippen LogP contribution is -2.28. The van der Waals surface area contributed by atoms with Gasteiger partial charge in [-0.1, -0.05) is 371 Å². The van der Waals surface area contributed by atoms with E-state index in [1.54, 1.807) is 0 Å². The fourth-order valence-corrected chi connectivity index (χ4v) is 11.1. The summed E-state index contributed by atoms with van der Waals surface area (Å²) in [6.07, 6.45) is 91.9. The SMILES string of the molecule is CCCCCCC/C=C\C/C=C\C/C=C\CCCCCCCCCCCCCCC(=O)OC(CO)COC(=O)CCCCCCCCCCCCCCCCCCCCCCCCCCCCCCCCCCCCCCC. The van der Waals surface area contributed by atoms with Crippen LogP contribution in [0.3, 0.4) is 0 Å². The lowest BCUT2D eigenvalue weighted by atomic mass is 10.0. The minimum Gasteiger partial charge on any atom is -0.462 e. The third kappa shape index (κ3) is 66.6. The van der Waals surface area contributed by atoms with Crippen LogP contribution in [-0.2, 0) is 19.1 Å². The summed E-state index contributed by atoms with van der Waals surface area (Å²) in [5.74, 6) is -0.571. The zero-order valence-electron chi connectivity index (χ0n) is 53.0. The Morgan fingerprint density at radius 2 is 0.513 bits per heavy atom. The van der Waals surface area contributed by atoms with E-state index in [4.69, 9.17) is 9.47 Å². The highest BCUT2D eigenvalue weighted by atomic mass is 16.6. The molecule has 0 heterocycles. The number of esters is 2. The summed E-state index contributed by atoms with van der Waals surface area (Å²) in [6, 6.07) is 0. The average Bonchev–Trinajstić information content (AvgIpc) is 3.44. The molecule has 0 saturated carbocycles. The van der Waals surface area contributed by atoms with Gasteiger partial charge in [0.25, 0.3) is 0 Å². The zero-order valence-corrected chi connectivity index (χ0v) is 53.0. The molecule has 0 aromatic heterocycles. The number of hydrogen-bond acceptors (Lipinski definition) is 5. The molecule has 1 N–H and O–H groups in total. The first-order valence-corrected chi connectivity index (χ1v) is 35.5. The summed E-state index contributed by atoms with van der Waals surface area (Å²) in [6.45, 7) is 4.19. The molecule has 0 aliphatic rings. The van der Waals surface area contributed by atoms with Crippen molar-refractivity contribution in [1.29, 1.82) is 0 Å². The monoisotopic (exact) mass is 1100 g/mol. The smallest absolute Gasteiger partial charge is 0.306 e. The Kier molecular flexibility index (Phi) is 67.7. The number of aliphatic hydroxyl groups is 1. The van der Waals surface area contributed by atoms with Crippen LogP contribution in [0.25, 0.3) is 0 Å². The Hall–Kier alpha value is -1.88. The molecule has 5 nitrogen and oxygen atoms in total. The summed E-state index contributed by atoms with van der Waals surface area (Å²) < 4.78 is 10.8. The molecular weight excluding hydrogens is 957 g/mol. The number of allylic oxidation sites excluding steroid dienone is 6. The van der Waals surface area contributed by atoms with Gasteiger partial charge in [0.05, 0.1) is 6.61 Å². The molecule has 0 saturated heterocycles. The summed E-state index contributed by atoms with van der Waals surface area (Å²) in [7, 11) is 0. The van der Waals surface area contributed by atoms with E-state index >= 15 is 0 Å². The first-order chi connectivity index (χ1) is 38.6. The fraction of sp³-hybridized carbons (Fsp3) is 0.890. The molecule has 460 valence electrons. The van der Waals surface area contributed by atoms with E-state index in [1.807, 2.05) is 0 Å². The van der Waals surface area contributed by atoms with Crippen molar-refractivity contribution in [3.63, 3.8) is 0 Å². The van der Waals surface area contributed by atoms with Crippen LogP contribution < -0.4 is 0 Å². The third-order valence-electron chi connectivity index (χ3n) is 16.4. The molecule has 1 unspecified atom stereocenters. The van der Waals surface area contributed by atoms with Gasteiger partial charge in [-0.05, 0) is 51.4 Å². The molecule has 0 bridgehead atoms. The minimum atomic E-state index is -0.772. The predicted octanol–water partition coefficient (Wildman–Crippen LogP) is 24.5. The zero-order chi connectivity index (χ0) is 56.2. The number of aliphatic hydroxyl groups excluding tert-OH is 1. The van der Waals surface area contributed by atoms with E-state index in [1.165, 1.54) is 327 Å². The summed E-state index contributed by atoms with van der Waals surface area (Å²) in [5.41, 5.74) is 0. The summed E-state index contributed by atoms with van der Waals surface area (Å²) >= 11 is 0. The second-order valence-corrected chi connectivity index (χ2v) is 24.3. The number of carbonyl (C=O) groups is 2. The molecule has 0 radical (unpaired) electrons. The predicted molar refractivity (Wildman–Crippen MR) is 344 cm³/mol. The molecule has 0 aliphatic heterocycles. The molecule has 78 heavy (non-hydrogen) atoms. The van der Waals surface area contributed by atoms with Gasteiger partial charge in [0.15, 0.2) is 6.10 Å². The van der Waals surface area contributed by atoms with Crippen molar-refractivity contribution in [2.45, 2.75) is 405 Å². The summed E-state index contributed by atoms with van der Waals surface area (Å²) in [5, 5.41) is 9.70. The molecule has 0 aliphatic carbocycles. The highest BCUT2D eigenvalue weighted by Gasteiger charge is 2.16. The molecule has 0 rings (SSSR count). The normalized spacial score (nSPS) is 12.3. The van der Waals surface area contributed by atoms with Crippen LogP contribution in [-0.4, -0.2) is 36.4 Å². The number of rotatable bonds is 67. The van der Waals surface area contributed by atoms with Gasteiger partial charge in [-0.15, -0.1) is 0 Å². The van der Waals surface area contributed by atoms with Crippen molar-refractivity contribution in [2.24, 2.45) is 0 Å². The van der Waals surface area contributed by atoms with Crippen molar-refractivity contribution in [3.8, 4) is 0 Å². The van der Waals surface area contributed by atoms with Crippen LogP contribution in [0.4, 0.5) is 0 Å². The number of hydrogen-bond donors (Lipinski definition) is 1. The quantitative estimate of drug-likeness (QED) is 0.0373. The maximum atomic E-state index is 12.4. The molecule has 1 atom stereocenters. The van der Waals surface area contributed by atoms with Gasteiger partial charge in [-0.3, -0.25) is 9.59 Å². The fourth-order valence-electron chi connectivity index (χ4n) is 11.1. The van der Waals surface area contributed by atoms with Gasteiger partial charge in [0.2, 0.25) is 0 Å². The highest BCUT2D eigenvalue weighted by Crippen LogP contribution is 2.19. The molecule has 0 aromatic carbocycles. The molecular formula is C73H138O5. The van der Waals surface area contributed by atoms with E-state index in [-0.39, 0.29) is 25.2 Å². The Labute approximate surface area is 488 Å². The van der Waals surface area contributed by atoms with Gasteiger partial charge < -0.3 is 14.6 Å². The highest BCUT2D eigenvalue weighted by molar-refractivity contribution is 5.70. The largest absolute Gasteiger partial charge is 0.462 e. The Bertz CT molecular complexity index is 1240. The second kappa shape index (κ2) is 69.4. The van der Waals surface area contributed by atoms with Crippen LogP contribution in [0.15, 0.2) is 36.5 Å². The van der Waals surface area contributed by atoms with Crippen LogP contribution in [0.2, 0.25) is 0 Å². The van der Waals surface area contributed by atoms with Gasteiger partial charge in [-0.25, -0.2) is 0 Å². The lowest BCUT2D eigenvalue weighted by Gasteiger charge is -2.15. The Morgan fingerprint density at radius 1 is 0.295 bits per heavy atom. The average molecular weight is 1100 g/mol. The molecule has 5 heteroatoms. The van der Waals surface area contributed by atoms with Crippen LogP contribution in [0.1, 0.15) is 399 Å². The third-order valence-corrected chi connectivity index (χ3v) is 16.4. The second-order valence-electron chi connectivity index (χ2n) is 24.3. The van der Waals surface area contributed by atoms with Crippen molar-refractivity contribution in [1.82, 2.24) is 0 Å². The lowest BCUT2D eigenvalue weighted by molar-refractivity contribution is -0.161. The number of ether oxygens (including phenoxy) is 2. The maximum Gasteiger partial charge on any atom is 0.306 e. The standard InChI is InChI=1S/C73H138O5/c1-3-5-7-9-11-13-15-17-19-21-23-25-27-29-31-32-33-34-35-36-37-38-39-40-42-43-45-47-49-51-53-55-57-59-61-63-65-67-72(75)77-70-71(69-74)78-73(76)68-66-64-62-60-58-56-54-52-50-48-46-44-41-30-28-26-24-22-20-18-16-14-12-10-8-6-4-2/h16,18,22,24,28,30,71,74H,3-15,17,19-21,23,25-27,29,31-70H2,1-2H3/b18-16-,24-22-,30-28-. The number of carbonyl (C=O) groups excluding carboxylic acids is 2. The van der Waals surface area contributed by atoms with E-state index in [2.05, 4.69) is 50.3 Å². The van der Waals surface area contributed by atoms with Crippen molar-refractivity contribution >= 4 is 11.9 Å². The van der Waals surface area contributed by atoms with E-state index in [0.717, 1.165) is 44.9 Å². The summed E-state index contributed by atoms with van der Waals surface area (Å²) in [4.78, 5) is 24.6. The topological polar surface area (TPSA) is 72.8 Å². The maximum absolute atomic E-state index is 12.4. The minimum absolute atomic E-state index is 0.0614.